The zero-order valence-electron chi connectivity index (χ0n) is 14.1. The molecule has 124 valence electrons. The number of ether oxygens (including phenoxy) is 1. The second-order valence-electron chi connectivity index (χ2n) is 5.69. The summed E-state index contributed by atoms with van der Waals surface area (Å²) in [7, 11) is 1.34. The lowest BCUT2D eigenvalue weighted by atomic mass is 10.0. The van der Waals surface area contributed by atoms with Gasteiger partial charge in [0.1, 0.15) is 0 Å². The number of ketones is 1. The molecule has 0 fully saturated rings. The van der Waals surface area contributed by atoms with E-state index in [-0.39, 0.29) is 5.78 Å². The molecule has 2 rings (SSSR count). The van der Waals surface area contributed by atoms with Crippen LogP contribution in [0.4, 0.5) is 5.69 Å². The molecule has 2 aromatic rings. The van der Waals surface area contributed by atoms with Gasteiger partial charge in [-0.3, -0.25) is 4.79 Å². The number of methoxy groups -OCH3 is 1. The minimum absolute atomic E-state index is 0.0815. The van der Waals surface area contributed by atoms with Gasteiger partial charge >= 0.3 is 5.97 Å². The van der Waals surface area contributed by atoms with E-state index in [9.17, 15) is 9.59 Å². The van der Waals surface area contributed by atoms with E-state index in [1.54, 1.807) is 30.5 Å². The summed E-state index contributed by atoms with van der Waals surface area (Å²) in [6.45, 7) is 4.23. The van der Waals surface area contributed by atoms with Crippen LogP contribution in [-0.2, 0) is 4.74 Å². The Hall–Kier alpha value is -2.88. The highest BCUT2D eigenvalue weighted by atomic mass is 16.5. The first-order chi connectivity index (χ1) is 11.5. The van der Waals surface area contributed by atoms with Crippen LogP contribution in [0.2, 0.25) is 0 Å². The van der Waals surface area contributed by atoms with Crippen LogP contribution >= 0.6 is 0 Å². The molecule has 0 saturated carbocycles. The molecule has 0 aliphatic rings. The van der Waals surface area contributed by atoms with E-state index in [2.05, 4.69) is 23.9 Å². The highest BCUT2D eigenvalue weighted by Crippen LogP contribution is 2.15. The van der Waals surface area contributed by atoms with Gasteiger partial charge in [-0.05, 0) is 29.7 Å². The summed E-state index contributed by atoms with van der Waals surface area (Å²) < 4.78 is 4.68. The van der Waals surface area contributed by atoms with Crippen LogP contribution < -0.4 is 5.32 Å². The first-order valence-corrected chi connectivity index (χ1v) is 7.77. The van der Waals surface area contributed by atoms with E-state index in [4.69, 9.17) is 0 Å². The van der Waals surface area contributed by atoms with E-state index in [0.29, 0.717) is 22.7 Å². The van der Waals surface area contributed by atoms with Crippen LogP contribution in [0.3, 0.4) is 0 Å². The molecule has 0 radical (unpaired) electrons. The molecule has 0 aliphatic carbocycles. The Kier molecular flexibility index (Phi) is 5.90. The molecule has 1 N–H and O–H groups in total. The minimum Gasteiger partial charge on any atom is -0.465 e. The lowest BCUT2D eigenvalue weighted by Gasteiger charge is -2.05. The molecule has 0 spiro atoms. The zero-order valence-corrected chi connectivity index (χ0v) is 14.1. The van der Waals surface area contributed by atoms with Crippen molar-refractivity contribution in [1.82, 2.24) is 0 Å². The van der Waals surface area contributed by atoms with E-state index in [0.717, 1.165) is 0 Å². The van der Waals surface area contributed by atoms with Crippen molar-refractivity contribution in [3.8, 4) is 0 Å². The molecule has 2 aromatic carbocycles. The number of allylic oxidation sites excluding steroid dienone is 1. The monoisotopic (exact) mass is 323 g/mol. The fourth-order valence-electron chi connectivity index (χ4n) is 2.20. The Labute approximate surface area is 142 Å². The van der Waals surface area contributed by atoms with Crippen LogP contribution in [0.5, 0.6) is 0 Å². The van der Waals surface area contributed by atoms with Crippen LogP contribution in [0.15, 0.2) is 60.8 Å². The smallest absolute Gasteiger partial charge is 0.337 e. The van der Waals surface area contributed by atoms with E-state index in [1.165, 1.54) is 18.7 Å². The first kappa shape index (κ1) is 17.5. The Balaban J connectivity index is 2.00. The summed E-state index contributed by atoms with van der Waals surface area (Å²) >= 11 is 0. The first-order valence-electron chi connectivity index (χ1n) is 7.77. The average Bonchev–Trinajstić information content (AvgIpc) is 2.61. The number of carbonyl (C=O) groups excluding carboxylic acids is 2. The summed E-state index contributed by atoms with van der Waals surface area (Å²) in [5.41, 5.74) is 3.00. The van der Waals surface area contributed by atoms with Crippen LogP contribution in [0.25, 0.3) is 0 Å². The molecule has 0 bridgehead atoms. The van der Waals surface area contributed by atoms with Gasteiger partial charge in [-0.1, -0.05) is 44.2 Å². The summed E-state index contributed by atoms with van der Waals surface area (Å²) in [6.07, 6.45) is 3.03. The number of anilines is 1. The van der Waals surface area contributed by atoms with Gasteiger partial charge in [0.2, 0.25) is 0 Å². The van der Waals surface area contributed by atoms with Crippen molar-refractivity contribution < 1.29 is 14.3 Å². The van der Waals surface area contributed by atoms with Crippen molar-refractivity contribution in [2.24, 2.45) is 0 Å². The Morgan fingerprint density at radius 1 is 1.04 bits per heavy atom. The Morgan fingerprint density at radius 3 is 2.38 bits per heavy atom. The maximum atomic E-state index is 12.1. The van der Waals surface area contributed by atoms with Gasteiger partial charge in [-0.2, -0.15) is 0 Å². The molecule has 4 heteroatoms. The molecule has 0 atom stereocenters. The van der Waals surface area contributed by atoms with Crippen LogP contribution in [-0.4, -0.2) is 18.9 Å². The van der Waals surface area contributed by atoms with Gasteiger partial charge in [-0.15, -0.1) is 0 Å². The van der Waals surface area contributed by atoms with Gasteiger partial charge in [0.15, 0.2) is 5.78 Å². The zero-order chi connectivity index (χ0) is 17.5. The molecule has 0 saturated heterocycles. The normalized spacial score (nSPS) is 10.8. The molecule has 0 amide bonds. The largest absolute Gasteiger partial charge is 0.465 e. The van der Waals surface area contributed by atoms with Crippen molar-refractivity contribution in [3.05, 3.63) is 77.5 Å². The molecule has 4 nitrogen and oxygen atoms in total. The summed E-state index contributed by atoms with van der Waals surface area (Å²) in [4.78, 5) is 23.6. The minimum atomic E-state index is -0.399. The number of nitrogens with one attached hydrogen (secondary N) is 1. The number of rotatable bonds is 6. The molecule has 0 aliphatic heterocycles. The fourth-order valence-corrected chi connectivity index (χ4v) is 2.20. The topological polar surface area (TPSA) is 55.4 Å². The van der Waals surface area contributed by atoms with Crippen molar-refractivity contribution >= 4 is 17.4 Å². The molecular weight excluding hydrogens is 302 g/mol. The number of carbonyl (C=O) groups is 2. The third-order valence-electron chi connectivity index (χ3n) is 3.63. The number of esters is 1. The number of hydrogen-bond donors (Lipinski definition) is 1. The maximum absolute atomic E-state index is 12.1. The lowest BCUT2D eigenvalue weighted by Crippen LogP contribution is -2.02. The highest BCUT2D eigenvalue weighted by Gasteiger charge is 2.05. The maximum Gasteiger partial charge on any atom is 0.337 e. The van der Waals surface area contributed by atoms with Gasteiger partial charge in [0.25, 0.3) is 0 Å². The summed E-state index contributed by atoms with van der Waals surface area (Å²) in [5, 5.41) is 2.99. The van der Waals surface area contributed by atoms with E-state index >= 15 is 0 Å². The van der Waals surface area contributed by atoms with Crippen molar-refractivity contribution in [2.45, 2.75) is 19.8 Å². The second kappa shape index (κ2) is 8.11. The molecule has 24 heavy (non-hydrogen) atoms. The lowest BCUT2D eigenvalue weighted by molar-refractivity contribution is 0.0600. The van der Waals surface area contributed by atoms with Crippen molar-refractivity contribution in [3.63, 3.8) is 0 Å². The molecule has 0 heterocycles. The highest BCUT2D eigenvalue weighted by molar-refractivity contribution is 6.04. The summed E-state index contributed by atoms with van der Waals surface area (Å²) in [6, 6.07) is 14.5. The van der Waals surface area contributed by atoms with E-state index < -0.39 is 5.97 Å². The SMILES string of the molecule is COC(=O)c1cccc(NC=CC(=O)c2ccc(C(C)C)cc2)c1. The second-order valence-corrected chi connectivity index (χ2v) is 5.69. The standard InChI is InChI=1S/C20H21NO3/c1-14(2)15-7-9-16(10-8-15)19(22)11-12-21-18-6-4-5-17(13-18)20(23)24-3/h4-14,21H,1-3H3. The summed E-state index contributed by atoms with van der Waals surface area (Å²) in [5.74, 6) is -0.0423. The van der Waals surface area contributed by atoms with Gasteiger partial charge in [0, 0.05) is 23.5 Å². The van der Waals surface area contributed by atoms with E-state index in [1.807, 2.05) is 24.3 Å². The average molecular weight is 323 g/mol. The quantitative estimate of drug-likeness (QED) is 0.486. The van der Waals surface area contributed by atoms with Crippen molar-refractivity contribution in [2.75, 3.05) is 12.4 Å². The predicted octanol–water partition coefficient (Wildman–Crippen LogP) is 4.41. The number of benzene rings is 2. The number of hydrogen-bond acceptors (Lipinski definition) is 4. The van der Waals surface area contributed by atoms with Gasteiger partial charge in [-0.25, -0.2) is 4.79 Å². The van der Waals surface area contributed by atoms with Crippen molar-refractivity contribution in [1.29, 1.82) is 0 Å². The third-order valence-corrected chi connectivity index (χ3v) is 3.63. The van der Waals surface area contributed by atoms with Crippen LogP contribution in [0, 0.1) is 0 Å². The Morgan fingerprint density at radius 2 is 1.75 bits per heavy atom. The Bertz CT molecular complexity index is 746. The molecule has 0 unspecified atom stereocenters. The van der Waals surface area contributed by atoms with Gasteiger partial charge in [0.05, 0.1) is 12.7 Å². The fraction of sp³-hybridized carbons (Fsp3) is 0.200. The predicted molar refractivity (Wildman–Crippen MR) is 95.4 cm³/mol. The third kappa shape index (κ3) is 4.56. The van der Waals surface area contributed by atoms with Crippen LogP contribution in [0.1, 0.15) is 46.0 Å². The van der Waals surface area contributed by atoms with Gasteiger partial charge < -0.3 is 10.1 Å². The molecular formula is C20H21NO3. The molecule has 0 aromatic heterocycles.